The second-order valence-electron chi connectivity index (χ2n) is 6.19. The third kappa shape index (κ3) is 5.74. The maximum atomic E-state index is 12.2. The predicted octanol–water partition coefficient (Wildman–Crippen LogP) is 3.39. The number of halogens is 4. The summed E-state index contributed by atoms with van der Waals surface area (Å²) in [6.07, 6.45) is -3.69. The fourth-order valence-corrected chi connectivity index (χ4v) is 3.03. The van der Waals surface area contributed by atoms with Gasteiger partial charge in [-0.2, -0.15) is 0 Å². The van der Waals surface area contributed by atoms with Gasteiger partial charge in [0.15, 0.2) is 0 Å². The van der Waals surface area contributed by atoms with Crippen molar-refractivity contribution in [3.63, 3.8) is 0 Å². The molecule has 0 aliphatic carbocycles. The first kappa shape index (κ1) is 20.2. The smallest absolute Gasteiger partial charge is 0.404 e. The Kier molecular flexibility index (Phi) is 6.25. The molecule has 0 spiro atoms. The number of para-hydroxylation sites is 1. The third-order valence-corrected chi connectivity index (χ3v) is 4.50. The number of rotatable bonds is 5. The summed E-state index contributed by atoms with van der Waals surface area (Å²) < 4.78 is 40.4. The number of carbonyl (C=O) groups is 1. The molecule has 1 amide bonds. The van der Waals surface area contributed by atoms with Gasteiger partial charge in [-0.15, -0.1) is 13.2 Å². The average molecular weight is 415 g/mol. The molecule has 0 saturated carbocycles. The van der Waals surface area contributed by atoms with E-state index in [1.165, 1.54) is 12.1 Å². The Morgan fingerprint density at radius 2 is 1.86 bits per heavy atom. The number of hydrogen-bond donors (Lipinski definition) is 1. The minimum atomic E-state index is -4.74. The summed E-state index contributed by atoms with van der Waals surface area (Å²) in [5.41, 5.74) is 0.568. The van der Waals surface area contributed by atoms with E-state index in [1.807, 2.05) is 9.80 Å². The van der Waals surface area contributed by atoms with Crippen molar-refractivity contribution in [3.8, 4) is 5.75 Å². The third-order valence-electron chi connectivity index (χ3n) is 4.17. The van der Waals surface area contributed by atoms with Crippen molar-refractivity contribution < 1.29 is 22.7 Å². The molecule has 1 aliphatic rings. The molecular formula is C18H18ClF3N4O2. The monoisotopic (exact) mass is 414 g/mol. The number of pyridine rings is 1. The minimum absolute atomic E-state index is 0.159. The zero-order valence-corrected chi connectivity index (χ0v) is 15.5. The Bertz CT molecular complexity index is 809. The zero-order valence-electron chi connectivity index (χ0n) is 14.7. The van der Waals surface area contributed by atoms with Crippen LogP contribution in [0.25, 0.3) is 0 Å². The summed E-state index contributed by atoms with van der Waals surface area (Å²) in [4.78, 5) is 20.2. The Hall–Kier alpha value is -2.52. The molecule has 150 valence electrons. The summed E-state index contributed by atoms with van der Waals surface area (Å²) >= 11 is 6.03. The van der Waals surface area contributed by atoms with Gasteiger partial charge >= 0.3 is 6.36 Å². The fraction of sp³-hybridized carbons (Fsp3) is 0.333. The summed E-state index contributed by atoms with van der Waals surface area (Å²) in [6.45, 7) is 2.68. The second-order valence-corrected chi connectivity index (χ2v) is 6.60. The van der Waals surface area contributed by atoms with Crippen molar-refractivity contribution in [2.24, 2.45) is 0 Å². The number of nitrogens with zero attached hydrogens (tertiary/aromatic N) is 3. The molecule has 2 heterocycles. The SMILES string of the molecule is O=C(CN1CCN(c2ccc(OC(F)(F)F)cn2)CC1)Nc1ccccc1Cl. The summed E-state index contributed by atoms with van der Waals surface area (Å²) in [7, 11) is 0. The van der Waals surface area contributed by atoms with E-state index >= 15 is 0 Å². The lowest BCUT2D eigenvalue weighted by molar-refractivity contribution is -0.274. The highest BCUT2D eigenvalue weighted by molar-refractivity contribution is 6.33. The number of alkyl halides is 3. The van der Waals surface area contributed by atoms with Crippen LogP contribution in [0.4, 0.5) is 24.7 Å². The predicted molar refractivity (Wildman–Crippen MR) is 99.7 cm³/mol. The summed E-state index contributed by atoms with van der Waals surface area (Å²) in [5.74, 6) is 0.0501. The molecule has 6 nitrogen and oxygen atoms in total. The second kappa shape index (κ2) is 8.66. The lowest BCUT2D eigenvalue weighted by Gasteiger charge is -2.35. The van der Waals surface area contributed by atoms with E-state index in [4.69, 9.17) is 11.6 Å². The molecule has 10 heteroatoms. The lowest BCUT2D eigenvalue weighted by Crippen LogP contribution is -2.48. The Balaban J connectivity index is 1.48. The highest BCUT2D eigenvalue weighted by atomic mass is 35.5. The van der Waals surface area contributed by atoms with Gasteiger partial charge in [-0.1, -0.05) is 23.7 Å². The Labute approximate surface area is 164 Å². The molecule has 1 aromatic carbocycles. The van der Waals surface area contributed by atoms with Gasteiger partial charge in [0, 0.05) is 26.2 Å². The molecule has 1 N–H and O–H groups in total. The molecule has 0 bridgehead atoms. The number of ether oxygens (including phenoxy) is 1. The van der Waals surface area contributed by atoms with Crippen LogP contribution in [0, 0.1) is 0 Å². The first-order valence-corrected chi connectivity index (χ1v) is 8.91. The number of aromatic nitrogens is 1. The molecule has 0 atom stereocenters. The number of anilines is 2. The van der Waals surface area contributed by atoms with Crippen molar-refractivity contribution in [3.05, 3.63) is 47.6 Å². The molecule has 1 aliphatic heterocycles. The van der Waals surface area contributed by atoms with Crippen LogP contribution in [0.2, 0.25) is 5.02 Å². The minimum Gasteiger partial charge on any atom is -0.404 e. The summed E-state index contributed by atoms with van der Waals surface area (Å²) in [6, 6.07) is 9.73. The van der Waals surface area contributed by atoms with Gasteiger partial charge < -0.3 is 15.0 Å². The van der Waals surface area contributed by atoms with Gasteiger partial charge in [0.1, 0.15) is 11.6 Å². The molecule has 2 aromatic rings. The molecule has 1 saturated heterocycles. The average Bonchev–Trinajstić information content (AvgIpc) is 2.64. The number of amides is 1. The number of nitrogens with one attached hydrogen (secondary N) is 1. The summed E-state index contributed by atoms with van der Waals surface area (Å²) in [5, 5.41) is 3.26. The standard InChI is InChI=1S/C18H18ClF3N4O2/c19-14-3-1-2-4-15(14)24-17(27)12-25-7-9-26(10-8-25)16-6-5-13(11-23-16)28-18(20,21)22/h1-6,11H,7-10,12H2,(H,24,27). The highest BCUT2D eigenvalue weighted by Crippen LogP contribution is 2.24. The molecule has 28 heavy (non-hydrogen) atoms. The number of piperazine rings is 1. The van der Waals surface area contributed by atoms with E-state index < -0.39 is 6.36 Å². The van der Waals surface area contributed by atoms with Crippen LogP contribution in [0.5, 0.6) is 5.75 Å². The first-order valence-electron chi connectivity index (χ1n) is 8.54. The number of hydrogen-bond acceptors (Lipinski definition) is 5. The molecule has 1 fully saturated rings. The van der Waals surface area contributed by atoms with Crippen LogP contribution in [0.1, 0.15) is 0 Å². The highest BCUT2D eigenvalue weighted by Gasteiger charge is 2.31. The van der Waals surface area contributed by atoms with Crippen LogP contribution in [0.15, 0.2) is 42.6 Å². The quantitative estimate of drug-likeness (QED) is 0.812. The van der Waals surface area contributed by atoms with Crippen molar-refractivity contribution in [1.82, 2.24) is 9.88 Å². The van der Waals surface area contributed by atoms with Gasteiger partial charge in [0.05, 0.1) is 23.5 Å². The molecule has 0 unspecified atom stereocenters. The van der Waals surface area contributed by atoms with E-state index in [0.717, 1.165) is 6.20 Å². The lowest BCUT2D eigenvalue weighted by atomic mass is 10.3. The molecule has 3 rings (SSSR count). The van der Waals surface area contributed by atoms with Gasteiger partial charge in [0.2, 0.25) is 5.91 Å². The van der Waals surface area contributed by atoms with E-state index in [0.29, 0.717) is 42.7 Å². The van der Waals surface area contributed by atoms with Crippen molar-refractivity contribution in [2.45, 2.75) is 6.36 Å². The normalized spacial score (nSPS) is 15.4. The van der Waals surface area contributed by atoms with Crippen LogP contribution in [-0.2, 0) is 4.79 Å². The van der Waals surface area contributed by atoms with Crippen LogP contribution in [-0.4, -0.2) is 54.9 Å². The molecular weight excluding hydrogens is 397 g/mol. The Morgan fingerprint density at radius 1 is 1.14 bits per heavy atom. The van der Waals surface area contributed by atoms with E-state index in [2.05, 4.69) is 15.0 Å². The Morgan fingerprint density at radius 3 is 2.46 bits per heavy atom. The van der Waals surface area contributed by atoms with Crippen molar-refractivity contribution >= 4 is 29.0 Å². The first-order chi connectivity index (χ1) is 13.3. The number of carbonyl (C=O) groups excluding carboxylic acids is 1. The fourth-order valence-electron chi connectivity index (χ4n) is 2.84. The largest absolute Gasteiger partial charge is 0.573 e. The maximum Gasteiger partial charge on any atom is 0.573 e. The van der Waals surface area contributed by atoms with Gasteiger partial charge in [-0.05, 0) is 24.3 Å². The zero-order chi connectivity index (χ0) is 20.1. The van der Waals surface area contributed by atoms with Crippen molar-refractivity contribution in [2.75, 3.05) is 42.9 Å². The van der Waals surface area contributed by atoms with Gasteiger partial charge in [-0.25, -0.2) is 4.98 Å². The van der Waals surface area contributed by atoms with Crippen molar-refractivity contribution in [1.29, 1.82) is 0 Å². The van der Waals surface area contributed by atoms with Gasteiger partial charge in [-0.3, -0.25) is 9.69 Å². The van der Waals surface area contributed by atoms with Crippen LogP contribution >= 0.6 is 11.6 Å². The van der Waals surface area contributed by atoms with Crippen LogP contribution in [0.3, 0.4) is 0 Å². The topological polar surface area (TPSA) is 57.7 Å². The maximum absolute atomic E-state index is 12.2. The van der Waals surface area contributed by atoms with E-state index in [9.17, 15) is 18.0 Å². The van der Waals surface area contributed by atoms with E-state index in [1.54, 1.807) is 24.3 Å². The number of benzene rings is 1. The van der Waals surface area contributed by atoms with Gasteiger partial charge in [0.25, 0.3) is 0 Å². The molecule has 1 aromatic heterocycles. The van der Waals surface area contributed by atoms with Crippen LogP contribution < -0.4 is 15.0 Å². The van der Waals surface area contributed by atoms with E-state index in [-0.39, 0.29) is 18.2 Å². The molecule has 0 radical (unpaired) electrons.